The minimum absolute atomic E-state index is 0.0815. The summed E-state index contributed by atoms with van der Waals surface area (Å²) in [5.41, 5.74) is -0.737. The van der Waals surface area contributed by atoms with E-state index in [4.69, 9.17) is 11.2 Å². The third-order valence-electron chi connectivity index (χ3n) is 1.49. The van der Waals surface area contributed by atoms with E-state index in [2.05, 4.69) is 21.3 Å². The maximum Gasteiger partial charge on any atom is 0.412 e. The molecule has 2 N–H and O–H groups in total. The van der Waals surface area contributed by atoms with Crippen molar-refractivity contribution < 1.29 is 19.1 Å². The minimum Gasteiger partial charge on any atom is -0.464 e. The molecule has 0 heterocycles. The van der Waals surface area contributed by atoms with Gasteiger partial charge in [0.05, 0.1) is 13.7 Å². The molecule has 0 fully saturated rings. The Labute approximate surface area is 107 Å². The van der Waals surface area contributed by atoms with Gasteiger partial charge in [-0.1, -0.05) is 5.92 Å². The maximum atomic E-state index is 11.5. The van der Waals surface area contributed by atoms with Gasteiger partial charge in [0, 0.05) is 6.20 Å². The van der Waals surface area contributed by atoms with Crippen LogP contribution in [0.4, 0.5) is 4.79 Å². The van der Waals surface area contributed by atoms with Crippen LogP contribution in [-0.2, 0) is 14.3 Å². The van der Waals surface area contributed by atoms with E-state index in [1.54, 1.807) is 20.8 Å². The average molecular weight is 254 g/mol. The number of hydrogen-bond acceptors (Lipinski definition) is 5. The Balaban J connectivity index is 4.61. The molecule has 0 aromatic rings. The lowest BCUT2D eigenvalue weighted by Gasteiger charge is -2.20. The Morgan fingerprint density at radius 1 is 1.39 bits per heavy atom. The van der Waals surface area contributed by atoms with Crippen LogP contribution in [0.1, 0.15) is 20.8 Å². The molecule has 0 aromatic heterocycles. The summed E-state index contributed by atoms with van der Waals surface area (Å²) in [7, 11) is 1.20. The predicted molar refractivity (Wildman–Crippen MR) is 66.3 cm³/mol. The molecule has 0 aromatic carbocycles. The smallest absolute Gasteiger partial charge is 0.412 e. The Morgan fingerprint density at radius 2 is 2.00 bits per heavy atom. The molecule has 0 saturated carbocycles. The first-order valence-corrected chi connectivity index (χ1v) is 5.25. The fourth-order valence-electron chi connectivity index (χ4n) is 0.882. The molecular weight excluding hydrogens is 236 g/mol. The van der Waals surface area contributed by atoms with Crippen molar-refractivity contribution in [3.63, 3.8) is 0 Å². The van der Waals surface area contributed by atoms with Crippen LogP contribution in [0.25, 0.3) is 0 Å². The number of esters is 1. The third-order valence-corrected chi connectivity index (χ3v) is 1.49. The first kappa shape index (κ1) is 15.8. The van der Waals surface area contributed by atoms with E-state index in [9.17, 15) is 9.59 Å². The van der Waals surface area contributed by atoms with Crippen molar-refractivity contribution in [3.05, 3.63) is 11.9 Å². The zero-order valence-corrected chi connectivity index (χ0v) is 11.0. The SMILES string of the molecule is C#CCN/C=C(/NC(=O)OC(C)(C)C)C(=O)OC. The lowest BCUT2D eigenvalue weighted by molar-refractivity contribution is -0.136. The molecule has 6 nitrogen and oxygen atoms in total. The molecule has 0 bridgehead atoms. The highest BCUT2D eigenvalue weighted by Crippen LogP contribution is 2.07. The number of rotatable bonds is 4. The number of terminal acetylenes is 1. The topological polar surface area (TPSA) is 76.7 Å². The number of alkyl carbamates (subject to hydrolysis) is 1. The molecule has 1 amide bonds. The van der Waals surface area contributed by atoms with Gasteiger partial charge in [0.1, 0.15) is 11.3 Å². The molecule has 0 spiro atoms. The van der Waals surface area contributed by atoms with Crippen molar-refractivity contribution in [2.45, 2.75) is 26.4 Å². The molecule has 0 saturated heterocycles. The highest BCUT2D eigenvalue weighted by Gasteiger charge is 2.19. The first-order chi connectivity index (χ1) is 8.30. The first-order valence-electron chi connectivity index (χ1n) is 5.25. The fourth-order valence-corrected chi connectivity index (χ4v) is 0.882. The van der Waals surface area contributed by atoms with E-state index in [1.807, 2.05) is 0 Å². The van der Waals surface area contributed by atoms with Crippen LogP contribution in [0.15, 0.2) is 11.9 Å². The Morgan fingerprint density at radius 3 is 2.44 bits per heavy atom. The quantitative estimate of drug-likeness (QED) is 0.335. The lowest BCUT2D eigenvalue weighted by atomic mass is 10.2. The van der Waals surface area contributed by atoms with Crippen LogP contribution in [0.5, 0.6) is 0 Å². The van der Waals surface area contributed by atoms with Crippen molar-refractivity contribution in [2.24, 2.45) is 0 Å². The molecule has 0 radical (unpaired) electrons. The highest BCUT2D eigenvalue weighted by molar-refractivity contribution is 5.92. The van der Waals surface area contributed by atoms with Crippen molar-refractivity contribution in [1.82, 2.24) is 10.6 Å². The molecule has 0 aliphatic carbocycles. The van der Waals surface area contributed by atoms with E-state index in [-0.39, 0.29) is 12.2 Å². The standard InChI is InChI=1S/C12H18N2O4/c1-6-7-13-8-9(10(15)17-5)14-11(16)18-12(2,3)4/h1,8,13H,7H2,2-5H3,(H,14,16)/b9-8+. The summed E-state index contributed by atoms with van der Waals surface area (Å²) in [6.07, 6.45) is 5.55. The van der Waals surface area contributed by atoms with Crippen LogP contribution in [0.3, 0.4) is 0 Å². The van der Waals surface area contributed by atoms with E-state index in [0.29, 0.717) is 0 Å². The van der Waals surface area contributed by atoms with Crippen LogP contribution >= 0.6 is 0 Å². The van der Waals surface area contributed by atoms with Gasteiger partial charge < -0.3 is 14.8 Å². The van der Waals surface area contributed by atoms with E-state index in [1.165, 1.54) is 13.3 Å². The summed E-state index contributed by atoms with van der Waals surface area (Å²) in [5, 5.41) is 4.93. The Hall–Kier alpha value is -2.16. The van der Waals surface area contributed by atoms with Gasteiger partial charge in [-0.25, -0.2) is 9.59 Å². The van der Waals surface area contributed by atoms with Crippen LogP contribution in [0, 0.1) is 12.3 Å². The van der Waals surface area contributed by atoms with Crippen molar-refractivity contribution >= 4 is 12.1 Å². The van der Waals surface area contributed by atoms with Gasteiger partial charge in [-0.2, -0.15) is 0 Å². The van der Waals surface area contributed by atoms with E-state index >= 15 is 0 Å². The van der Waals surface area contributed by atoms with Gasteiger partial charge in [-0.05, 0) is 20.8 Å². The number of amides is 1. The summed E-state index contributed by atoms with van der Waals surface area (Å²) in [5.74, 6) is 1.62. The van der Waals surface area contributed by atoms with Gasteiger partial charge in [0.2, 0.25) is 0 Å². The lowest BCUT2D eigenvalue weighted by Crippen LogP contribution is -2.35. The second kappa shape index (κ2) is 7.22. The van der Waals surface area contributed by atoms with Gasteiger partial charge >= 0.3 is 12.1 Å². The molecule has 100 valence electrons. The molecule has 18 heavy (non-hydrogen) atoms. The molecule has 0 atom stereocenters. The Kier molecular flexibility index (Phi) is 6.35. The second-order valence-electron chi connectivity index (χ2n) is 4.26. The number of nitrogens with one attached hydrogen (secondary N) is 2. The van der Waals surface area contributed by atoms with E-state index < -0.39 is 17.7 Å². The van der Waals surface area contributed by atoms with Crippen molar-refractivity contribution in [1.29, 1.82) is 0 Å². The Bertz CT molecular complexity index is 375. The summed E-state index contributed by atoms with van der Waals surface area (Å²) in [6.45, 7) is 5.36. The largest absolute Gasteiger partial charge is 0.464 e. The number of carbonyl (C=O) groups excluding carboxylic acids is 2. The zero-order chi connectivity index (χ0) is 14.2. The molecule has 0 unspecified atom stereocenters. The van der Waals surface area contributed by atoms with Crippen LogP contribution in [-0.4, -0.2) is 31.3 Å². The van der Waals surface area contributed by atoms with Crippen molar-refractivity contribution in [2.75, 3.05) is 13.7 Å². The van der Waals surface area contributed by atoms with Gasteiger partial charge in [-0.3, -0.25) is 5.32 Å². The van der Waals surface area contributed by atoms with Crippen LogP contribution in [0.2, 0.25) is 0 Å². The van der Waals surface area contributed by atoms with Gasteiger partial charge in [0.25, 0.3) is 0 Å². The number of methoxy groups -OCH3 is 1. The van der Waals surface area contributed by atoms with E-state index in [0.717, 1.165) is 0 Å². The summed E-state index contributed by atoms with van der Waals surface area (Å²) < 4.78 is 9.51. The number of hydrogen-bond donors (Lipinski definition) is 2. The molecule has 0 rings (SSSR count). The normalized spacial score (nSPS) is 11.2. The fraction of sp³-hybridized carbons (Fsp3) is 0.500. The average Bonchev–Trinajstić information content (AvgIpc) is 2.24. The molecular formula is C12H18N2O4. The number of ether oxygens (including phenoxy) is 2. The predicted octanol–water partition coefficient (Wildman–Crippen LogP) is 0.748. The minimum atomic E-state index is -0.748. The summed E-state index contributed by atoms with van der Waals surface area (Å²) in [6, 6.07) is 0. The second-order valence-corrected chi connectivity index (χ2v) is 4.26. The van der Waals surface area contributed by atoms with Gasteiger partial charge in [-0.15, -0.1) is 6.42 Å². The summed E-state index contributed by atoms with van der Waals surface area (Å²) >= 11 is 0. The molecule has 6 heteroatoms. The maximum absolute atomic E-state index is 11.5. The van der Waals surface area contributed by atoms with Gasteiger partial charge in [0.15, 0.2) is 0 Å². The number of carbonyl (C=O) groups is 2. The highest BCUT2D eigenvalue weighted by atomic mass is 16.6. The van der Waals surface area contributed by atoms with Crippen LogP contribution < -0.4 is 10.6 Å². The zero-order valence-electron chi connectivity index (χ0n) is 11.0. The third kappa shape index (κ3) is 7.17. The molecule has 0 aliphatic rings. The van der Waals surface area contributed by atoms with Crippen molar-refractivity contribution in [3.8, 4) is 12.3 Å². The summed E-state index contributed by atoms with van der Waals surface area (Å²) in [4.78, 5) is 22.8. The monoisotopic (exact) mass is 254 g/mol. The molecule has 0 aliphatic heterocycles.